The molecule has 0 saturated carbocycles. The Kier molecular flexibility index (Phi) is 5.40. The smallest absolute Gasteiger partial charge is 0.403 e. The molecular weight excluding hydrogens is 251 g/mol. The lowest BCUT2D eigenvalue weighted by Crippen LogP contribution is -2.45. The van der Waals surface area contributed by atoms with Crippen LogP contribution in [0.15, 0.2) is 0 Å². The minimum Gasteiger partial charge on any atom is -0.481 e. The van der Waals surface area contributed by atoms with Crippen LogP contribution in [0.5, 0.6) is 0 Å². The number of methoxy groups -OCH3 is 1. The minimum absolute atomic E-state index is 0.187. The lowest BCUT2D eigenvalue weighted by Gasteiger charge is -2.34. The Morgan fingerprint density at radius 2 is 2.22 bits per heavy atom. The zero-order valence-corrected chi connectivity index (χ0v) is 10.2. The largest absolute Gasteiger partial charge is 0.481 e. The predicted octanol–water partition coefficient (Wildman–Crippen LogP) is 1.61. The van der Waals surface area contributed by atoms with Crippen molar-refractivity contribution >= 4 is 5.97 Å². The van der Waals surface area contributed by atoms with Crippen molar-refractivity contribution in [1.82, 2.24) is 4.90 Å². The second kappa shape index (κ2) is 6.38. The van der Waals surface area contributed by atoms with E-state index in [1.54, 1.807) is 12.0 Å². The fourth-order valence-electron chi connectivity index (χ4n) is 2.27. The Bertz CT molecular complexity index is 281. The topological polar surface area (TPSA) is 49.8 Å². The molecule has 1 aliphatic heterocycles. The summed E-state index contributed by atoms with van der Waals surface area (Å²) in [7, 11) is 1.55. The minimum atomic E-state index is -4.69. The van der Waals surface area contributed by atoms with Crippen LogP contribution < -0.4 is 0 Å². The Hall–Kier alpha value is -0.820. The number of piperidine rings is 1. The average molecular weight is 269 g/mol. The molecule has 0 amide bonds. The third kappa shape index (κ3) is 4.45. The number of halogens is 3. The first-order valence-electron chi connectivity index (χ1n) is 5.85. The molecule has 0 aliphatic carbocycles. The van der Waals surface area contributed by atoms with Crippen molar-refractivity contribution in [3.05, 3.63) is 0 Å². The molecule has 0 aromatic carbocycles. The maximum Gasteiger partial charge on any atom is 0.403 e. The molecule has 0 aromatic rings. The summed E-state index contributed by atoms with van der Waals surface area (Å²) in [5.41, 5.74) is 0. The number of ether oxygens (including phenoxy) is 1. The highest BCUT2D eigenvalue weighted by atomic mass is 19.4. The number of nitrogens with zero attached hydrogens (tertiary/aromatic N) is 1. The molecule has 0 radical (unpaired) electrons. The lowest BCUT2D eigenvalue weighted by atomic mass is 9.97. The van der Waals surface area contributed by atoms with Gasteiger partial charge in [0.05, 0.1) is 6.61 Å². The molecule has 1 rings (SSSR count). The van der Waals surface area contributed by atoms with Crippen LogP contribution in [0.25, 0.3) is 0 Å². The molecule has 7 heteroatoms. The summed E-state index contributed by atoms with van der Waals surface area (Å²) in [5.74, 6) is -3.93. The van der Waals surface area contributed by atoms with Gasteiger partial charge in [0, 0.05) is 20.2 Å². The van der Waals surface area contributed by atoms with Crippen LogP contribution in [0.1, 0.15) is 12.8 Å². The van der Waals surface area contributed by atoms with Gasteiger partial charge in [-0.05, 0) is 25.3 Å². The monoisotopic (exact) mass is 269 g/mol. The zero-order valence-electron chi connectivity index (χ0n) is 10.2. The fraction of sp³-hybridized carbons (Fsp3) is 0.909. The van der Waals surface area contributed by atoms with Crippen molar-refractivity contribution in [3.8, 4) is 0 Å². The SMILES string of the molecule is COCC1CCCN(CC(C(=O)O)C(F)(F)F)C1. The summed E-state index contributed by atoms with van der Waals surface area (Å²) in [5, 5.41) is 8.64. The summed E-state index contributed by atoms with van der Waals surface area (Å²) in [6, 6.07) is 0. The van der Waals surface area contributed by atoms with E-state index in [-0.39, 0.29) is 5.92 Å². The third-order valence-corrected chi connectivity index (χ3v) is 3.14. The molecule has 0 aromatic heterocycles. The van der Waals surface area contributed by atoms with Crippen LogP contribution in [0, 0.1) is 11.8 Å². The van der Waals surface area contributed by atoms with E-state index in [1.165, 1.54) is 0 Å². The molecule has 0 bridgehead atoms. The Morgan fingerprint density at radius 1 is 1.56 bits per heavy atom. The Labute approximate surface area is 104 Å². The zero-order chi connectivity index (χ0) is 13.8. The van der Waals surface area contributed by atoms with Crippen LogP contribution in [-0.2, 0) is 9.53 Å². The summed E-state index contributed by atoms with van der Waals surface area (Å²) < 4.78 is 42.6. The lowest BCUT2D eigenvalue weighted by molar-refractivity contribution is -0.197. The Balaban J connectivity index is 2.56. The molecule has 1 heterocycles. The second-order valence-corrected chi connectivity index (χ2v) is 4.66. The first-order chi connectivity index (χ1) is 8.34. The van der Waals surface area contributed by atoms with Gasteiger partial charge in [0.1, 0.15) is 0 Å². The van der Waals surface area contributed by atoms with Gasteiger partial charge in [0.2, 0.25) is 0 Å². The van der Waals surface area contributed by atoms with Crippen molar-refractivity contribution in [3.63, 3.8) is 0 Å². The van der Waals surface area contributed by atoms with Crippen LogP contribution in [-0.4, -0.2) is 55.5 Å². The quantitative estimate of drug-likeness (QED) is 0.823. The van der Waals surface area contributed by atoms with Crippen molar-refractivity contribution in [1.29, 1.82) is 0 Å². The van der Waals surface area contributed by atoms with E-state index in [4.69, 9.17) is 9.84 Å². The van der Waals surface area contributed by atoms with E-state index >= 15 is 0 Å². The van der Waals surface area contributed by atoms with Crippen LogP contribution in [0.4, 0.5) is 13.2 Å². The molecule has 2 unspecified atom stereocenters. The van der Waals surface area contributed by atoms with E-state index in [9.17, 15) is 18.0 Å². The van der Waals surface area contributed by atoms with Crippen molar-refractivity contribution < 1.29 is 27.8 Å². The molecule has 1 saturated heterocycles. The molecule has 2 atom stereocenters. The maximum atomic E-state index is 12.5. The number of alkyl halides is 3. The molecule has 1 aliphatic rings. The molecule has 106 valence electrons. The highest BCUT2D eigenvalue weighted by molar-refractivity contribution is 5.71. The predicted molar refractivity (Wildman–Crippen MR) is 58.2 cm³/mol. The Morgan fingerprint density at radius 3 is 2.72 bits per heavy atom. The van der Waals surface area contributed by atoms with Gasteiger partial charge in [-0.25, -0.2) is 0 Å². The van der Waals surface area contributed by atoms with Gasteiger partial charge in [-0.3, -0.25) is 4.79 Å². The number of carboxylic acids is 1. The van der Waals surface area contributed by atoms with Crippen molar-refractivity contribution in [2.45, 2.75) is 19.0 Å². The van der Waals surface area contributed by atoms with Crippen molar-refractivity contribution in [2.24, 2.45) is 11.8 Å². The summed E-state index contributed by atoms with van der Waals surface area (Å²) in [4.78, 5) is 12.2. The molecular formula is C11H18F3NO3. The maximum absolute atomic E-state index is 12.5. The van der Waals surface area contributed by atoms with E-state index in [2.05, 4.69) is 0 Å². The molecule has 4 nitrogen and oxygen atoms in total. The first kappa shape index (κ1) is 15.2. The number of rotatable bonds is 5. The average Bonchev–Trinajstić information content (AvgIpc) is 2.25. The summed E-state index contributed by atoms with van der Waals surface area (Å²) >= 11 is 0. The summed E-state index contributed by atoms with van der Waals surface area (Å²) in [6.45, 7) is 1.01. The van der Waals surface area contributed by atoms with Gasteiger partial charge in [-0.2, -0.15) is 13.2 Å². The first-order valence-corrected chi connectivity index (χ1v) is 5.85. The van der Waals surface area contributed by atoms with E-state index in [1.807, 2.05) is 0 Å². The standard InChI is InChI=1S/C11H18F3NO3/c1-18-7-8-3-2-4-15(5-8)6-9(10(16)17)11(12,13)14/h8-9H,2-7H2,1H3,(H,16,17). The van der Waals surface area contributed by atoms with Gasteiger partial charge in [-0.1, -0.05) is 0 Å². The van der Waals surface area contributed by atoms with Crippen LogP contribution >= 0.6 is 0 Å². The van der Waals surface area contributed by atoms with Gasteiger partial charge in [0.25, 0.3) is 0 Å². The number of carboxylic acid groups (broad SMARTS) is 1. The van der Waals surface area contributed by atoms with Gasteiger partial charge >= 0.3 is 12.1 Å². The molecule has 18 heavy (non-hydrogen) atoms. The molecule has 1 N–H and O–H groups in total. The fourth-order valence-corrected chi connectivity index (χ4v) is 2.27. The van der Waals surface area contributed by atoms with Crippen LogP contribution in [0.2, 0.25) is 0 Å². The van der Waals surface area contributed by atoms with Gasteiger partial charge in [0.15, 0.2) is 5.92 Å². The van der Waals surface area contributed by atoms with Crippen LogP contribution in [0.3, 0.4) is 0 Å². The van der Waals surface area contributed by atoms with Crippen molar-refractivity contribution in [2.75, 3.05) is 33.4 Å². The number of aliphatic carboxylic acids is 1. The summed E-state index contributed by atoms with van der Waals surface area (Å²) in [6.07, 6.45) is -3.01. The van der Waals surface area contributed by atoms with Gasteiger partial charge in [-0.15, -0.1) is 0 Å². The van der Waals surface area contributed by atoms with E-state index in [0.29, 0.717) is 19.7 Å². The molecule has 1 fully saturated rings. The van der Waals surface area contributed by atoms with Gasteiger partial charge < -0.3 is 14.7 Å². The number of carbonyl (C=O) groups is 1. The second-order valence-electron chi connectivity index (χ2n) is 4.66. The number of hydrogen-bond acceptors (Lipinski definition) is 3. The van der Waals surface area contributed by atoms with E-state index in [0.717, 1.165) is 12.8 Å². The van der Waals surface area contributed by atoms with E-state index < -0.39 is 24.6 Å². The third-order valence-electron chi connectivity index (χ3n) is 3.14. The molecule has 0 spiro atoms. The highest BCUT2D eigenvalue weighted by Gasteiger charge is 2.46. The number of likely N-dealkylation sites (tertiary alicyclic amines) is 1. The number of hydrogen-bond donors (Lipinski definition) is 1. The normalized spacial score (nSPS) is 23.9. The highest BCUT2D eigenvalue weighted by Crippen LogP contribution is 2.28.